The fraction of sp³-hybridized carbons (Fsp3) is 0.577. The first-order chi connectivity index (χ1) is 15.0. The van der Waals surface area contributed by atoms with Crippen LogP contribution in [0.25, 0.3) is 0 Å². The molecule has 0 saturated heterocycles. The molecule has 2 rings (SSSR count). The first-order valence-electron chi connectivity index (χ1n) is 11.7. The molecular weight excluding hydrogens is 400 g/mol. The van der Waals surface area contributed by atoms with E-state index in [2.05, 4.69) is 38.1 Å². The van der Waals surface area contributed by atoms with Crippen LogP contribution >= 0.6 is 0 Å². The van der Waals surface area contributed by atoms with Gasteiger partial charge in [0.05, 0.1) is 5.69 Å². The third-order valence-corrected chi connectivity index (χ3v) is 5.39. The fourth-order valence-electron chi connectivity index (χ4n) is 3.54. The number of unbranched alkanes of at least 4 members (excludes halogenated alkanes) is 2. The van der Waals surface area contributed by atoms with Gasteiger partial charge in [-0.1, -0.05) is 66.5 Å². The summed E-state index contributed by atoms with van der Waals surface area (Å²) in [5, 5.41) is 7.42. The number of carbonyl (C=O) groups excluding carboxylic acids is 2. The molecule has 0 radical (unpaired) electrons. The van der Waals surface area contributed by atoms with Crippen molar-refractivity contribution in [1.29, 1.82) is 0 Å². The Labute approximate surface area is 193 Å². The minimum Gasteiger partial charge on any atom is -0.329 e. The highest BCUT2D eigenvalue weighted by Gasteiger charge is 2.22. The van der Waals surface area contributed by atoms with Crippen molar-refractivity contribution in [1.82, 2.24) is 14.7 Å². The lowest BCUT2D eigenvalue weighted by atomic mass is 9.92. The highest BCUT2D eigenvalue weighted by molar-refractivity contribution is 5.99. The summed E-state index contributed by atoms with van der Waals surface area (Å²) in [4.78, 5) is 27.6. The summed E-state index contributed by atoms with van der Waals surface area (Å²) in [5.74, 6) is 0.547. The zero-order valence-electron chi connectivity index (χ0n) is 20.9. The summed E-state index contributed by atoms with van der Waals surface area (Å²) >= 11 is 0. The van der Waals surface area contributed by atoms with Crippen LogP contribution in [0.1, 0.15) is 82.4 Å². The normalized spacial score (nSPS) is 11.6. The molecule has 0 aliphatic heterocycles. The second-order valence-corrected chi connectivity index (χ2v) is 10.1. The molecule has 1 N–H and O–H groups in total. The molecule has 1 aromatic carbocycles. The topological polar surface area (TPSA) is 67.2 Å². The molecule has 0 spiro atoms. The van der Waals surface area contributed by atoms with E-state index in [1.54, 1.807) is 9.58 Å². The summed E-state index contributed by atoms with van der Waals surface area (Å²) in [6, 6.07) is 9.71. The lowest BCUT2D eigenvalue weighted by molar-refractivity contribution is -0.117. The smallest absolute Gasteiger partial charge is 0.254 e. The summed E-state index contributed by atoms with van der Waals surface area (Å²) in [6.07, 6.45) is 4.60. The number of nitrogens with zero attached hydrogens (tertiary/aromatic N) is 3. The van der Waals surface area contributed by atoms with Crippen molar-refractivity contribution in [2.75, 3.05) is 18.4 Å². The Balaban J connectivity index is 2.08. The second-order valence-electron chi connectivity index (χ2n) is 10.1. The molecule has 0 unspecified atom stereocenters. The number of hydrogen-bond donors (Lipinski definition) is 1. The van der Waals surface area contributed by atoms with Crippen molar-refractivity contribution in [3.63, 3.8) is 0 Å². The van der Waals surface area contributed by atoms with Crippen LogP contribution in [0.3, 0.4) is 0 Å². The molecule has 1 heterocycles. The van der Waals surface area contributed by atoms with E-state index in [9.17, 15) is 9.59 Å². The van der Waals surface area contributed by atoms with Crippen LogP contribution in [-0.2, 0) is 23.7 Å². The van der Waals surface area contributed by atoms with E-state index in [-0.39, 0.29) is 29.7 Å². The van der Waals surface area contributed by atoms with Gasteiger partial charge in [0.25, 0.3) is 5.91 Å². The third kappa shape index (κ3) is 7.50. The molecular formula is C26H40N4O2. The average Bonchev–Trinajstić information content (AvgIpc) is 3.08. The summed E-state index contributed by atoms with van der Waals surface area (Å²) < 4.78 is 1.67. The van der Waals surface area contributed by atoms with Gasteiger partial charge in [0.15, 0.2) is 0 Å². The molecule has 0 aliphatic carbocycles. The van der Waals surface area contributed by atoms with Gasteiger partial charge in [-0.05, 0) is 36.5 Å². The number of carbonyl (C=O) groups is 2. The zero-order valence-corrected chi connectivity index (χ0v) is 20.9. The SMILES string of the molecule is CCCCCc1ccc(C(=O)N(CC(=O)Nc2cc(C(C)(C)C)nn2C)CC(C)C)cc1. The van der Waals surface area contributed by atoms with Crippen LogP contribution in [0.15, 0.2) is 30.3 Å². The molecule has 2 amide bonds. The summed E-state index contributed by atoms with van der Waals surface area (Å²) in [7, 11) is 1.81. The highest BCUT2D eigenvalue weighted by atomic mass is 16.2. The quantitative estimate of drug-likeness (QED) is 0.517. The van der Waals surface area contributed by atoms with E-state index in [1.807, 2.05) is 51.2 Å². The minimum atomic E-state index is -0.223. The molecule has 176 valence electrons. The van der Waals surface area contributed by atoms with Gasteiger partial charge in [0, 0.05) is 30.6 Å². The van der Waals surface area contributed by atoms with Gasteiger partial charge >= 0.3 is 0 Å². The van der Waals surface area contributed by atoms with E-state index in [0.717, 1.165) is 18.5 Å². The van der Waals surface area contributed by atoms with Crippen molar-refractivity contribution in [3.8, 4) is 0 Å². The van der Waals surface area contributed by atoms with E-state index < -0.39 is 0 Å². The molecule has 1 aromatic heterocycles. The number of rotatable bonds is 10. The van der Waals surface area contributed by atoms with Crippen LogP contribution < -0.4 is 5.32 Å². The van der Waals surface area contributed by atoms with Crippen molar-refractivity contribution in [2.24, 2.45) is 13.0 Å². The van der Waals surface area contributed by atoms with Crippen LogP contribution in [0.4, 0.5) is 5.82 Å². The molecule has 32 heavy (non-hydrogen) atoms. The molecule has 0 fully saturated rings. The van der Waals surface area contributed by atoms with Crippen molar-refractivity contribution < 1.29 is 9.59 Å². The number of aryl methyl sites for hydroxylation is 2. The minimum absolute atomic E-state index is 0.00525. The van der Waals surface area contributed by atoms with Gasteiger partial charge in [-0.3, -0.25) is 14.3 Å². The maximum absolute atomic E-state index is 13.2. The molecule has 6 nitrogen and oxygen atoms in total. The monoisotopic (exact) mass is 440 g/mol. The first-order valence-corrected chi connectivity index (χ1v) is 11.7. The largest absolute Gasteiger partial charge is 0.329 e. The Kier molecular flexibility index (Phi) is 9.05. The van der Waals surface area contributed by atoms with Crippen LogP contribution in [0, 0.1) is 5.92 Å². The second kappa shape index (κ2) is 11.3. The van der Waals surface area contributed by atoms with Gasteiger partial charge in [-0.15, -0.1) is 0 Å². The summed E-state index contributed by atoms with van der Waals surface area (Å²) in [5.41, 5.74) is 2.66. The Morgan fingerprint density at radius 3 is 2.31 bits per heavy atom. The Bertz CT molecular complexity index is 892. The van der Waals surface area contributed by atoms with Crippen molar-refractivity contribution in [3.05, 3.63) is 47.2 Å². The Morgan fingerprint density at radius 2 is 1.78 bits per heavy atom. The van der Waals surface area contributed by atoms with Crippen LogP contribution in [0.2, 0.25) is 0 Å². The maximum Gasteiger partial charge on any atom is 0.254 e. The zero-order chi connectivity index (χ0) is 23.9. The van der Waals surface area contributed by atoms with Gasteiger partial charge in [0.1, 0.15) is 12.4 Å². The molecule has 6 heteroatoms. The number of aromatic nitrogens is 2. The Morgan fingerprint density at radius 1 is 1.12 bits per heavy atom. The van der Waals surface area contributed by atoms with Crippen molar-refractivity contribution in [2.45, 2.75) is 72.6 Å². The lowest BCUT2D eigenvalue weighted by Crippen LogP contribution is -2.40. The molecule has 0 saturated carbocycles. The van der Waals surface area contributed by atoms with Gasteiger partial charge in [-0.25, -0.2) is 0 Å². The number of hydrogen-bond acceptors (Lipinski definition) is 3. The maximum atomic E-state index is 13.2. The van der Waals surface area contributed by atoms with E-state index in [4.69, 9.17) is 0 Å². The highest BCUT2D eigenvalue weighted by Crippen LogP contribution is 2.23. The molecule has 0 bridgehead atoms. The van der Waals surface area contributed by atoms with Crippen LogP contribution in [0.5, 0.6) is 0 Å². The molecule has 0 atom stereocenters. The first kappa shape index (κ1) is 25.6. The van der Waals surface area contributed by atoms with Gasteiger partial charge < -0.3 is 10.2 Å². The van der Waals surface area contributed by atoms with Crippen LogP contribution in [-0.4, -0.2) is 39.6 Å². The third-order valence-electron chi connectivity index (χ3n) is 5.39. The van der Waals surface area contributed by atoms with E-state index in [1.165, 1.54) is 18.4 Å². The molecule has 0 aliphatic rings. The van der Waals surface area contributed by atoms with E-state index >= 15 is 0 Å². The predicted octanol–water partition coefficient (Wildman–Crippen LogP) is 5.19. The number of nitrogens with one attached hydrogen (secondary N) is 1. The summed E-state index contributed by atoms with van der Waals surface area (Å²) in [6.45, 7) is 13.1. The van der Waals surface area contributed by atoms with Gasteiger partial charge in [0.2, 0.25) is 5.91 Å². The lowest BCUT2D eigenvalue weighted by Gasteiger charge is -2.24. The fourth-order valence-corrected chi connectivity index (χ4v) is 3.54. The number of benzene rings is 1. The molecule has 2 aromatic rings. The van der Waals surface area contributed by atoms with Crippen molar-refractivity contribution >= 4 is 17.6 Å². The number of anilines is 1. The average molecular weight is 441 g/mol. The number of amides is 2. The Hall–Kier alpha value is -2.63. The standard InChI is InChI=1S/C26H40N4O2/c1-8-9-10-11-20-12-14-21(15-13-20)25(32)30(17-19(2)3)18-24(31)27-23-16-22(26(4,5)6)28-29(23)7/h12-16,19H,8-11,17-18H2,1-7H3,(H,27,31). The van der Waals surface area contributed by atoms with Gasteiger partial charge in [-0.2, -0.15) is 5.10 Å². The van der Waals surface area contributed by atoms with E-state index in [0.29, 0.717) is 17.9 Å². The predicted molar refractivity (Wildman–Crippen MR) is 131 cm³/mol.